The van der Waals surface area contributed by atoms with E-state index in [9.17, 15) is 18.0 Å². The Morgan fingerprint density at radius 2 is 1.39 bits per heavy atom. The Morgan fingerprint density at radius 1 is 0.774 bits per heavy atom. The number of fused-ring (bicyclic) bond motifs is 2. The average molecular weight is 468 g/mol. The third kappa shape index (κ3) is 3.20. The van der Waals surface area contributed by atoms with Gasteiger partial charge in [0.15, 0.2) is 0 Å². The van der Waals surface area contributed by atoms with E-state index in [0.29, 0.717) is 31.9 Å². The van der Waals surface area contributed by atoms with E-state index < -0.39 is 21.8 Å². The van der Waals surface area contributed by atoms with Crippen LogP contribution in [0, 0.1) is 0 Å². The molecule has 0 spiro atoms. The van der Waals surface area contributed by atoms with Crippen molar-refractivity contribution in [3.05, 3.63) is 88.3 Å². The zero-order chi connectivity index (χ0) is 21.8. The number of benzene rings is 3. The molecule has 6 nitrogen and oxygen atoms in total. The molecule has 4 aromatic rings. The number of thiophene rings is 1. The van der Waals surface area contributed by atoms with Gasteiger partial charge in [-0.2, -0.15) is 13.1 Å². The second-order valence-corrected chi connectivity index (χ2v) is 10.3. The number of amides is 2. The van der Waals surface area contributed by atoms with Crippen molar-refractivity contribution in [3.63, 3.8) is 0 Å². The van der Waals surface area contributed by atoms with Crippen molar-refractivity contribution >= 4 is 66.9 Å². The van der Waals surface area contributed by atoms with Gasteiger partial charge in [0.1, 0.15) is 4.21 Å². The summed E-state index contributed by atoms with van der Waals surface area (Å²) in [6.07, 6.45) is 0. The lowest BCUT2D eigenvalue weighted by Crippen LogP contribution is -2.29. The minimum absolute atomic E-state index is 0.0333. The largest absolute Gasteiger partial charge is 0.292 e. The molecule has 2 heterocycles. The van der Waals surface area contributed by atoms with Gasteiger partial charge in [-0.1, -0.05) is 48.0 Å². The highest BCUT2D eigenvalue weighted by Gasteiger charge is 2.37. The second kappa shape index (κ2) is 7.19. The van der Waals surface area contributed by atoms with Crippen LogP contribution >= 0.6 is 22.9 Å². The predicted molar refractivity (Wildman–Crippen MR) is 120 cm³/mol. The number of sulfonamides is 1. The SMILES string of the molecule is O=C1c2ccccc2C(=O)N1c1ccc([N]S(=O)(=O)c2ccc(Cl)s2)c2ccccc12. The molecule has 2 amide bonds. The van der Waals surface area contributed by atoms with Crippen LogP contribution in [0.25, 0.3) is 10.8 Å². The Bertz CT molecular complexity index is 1460. The van der Waals surface area contributed by atoms with Crippen LogP contribution in [0.2, 0.25) is 4.34 Å². The van der Waals surface area contributed by atoms with Crippen LogP contribution < -0.4 is 9.62 Å². The zero-order valence-electron chi connectivity index (χ0n) is 15.7. The molecule has 1 aromatic heterocycles. The maximum absolute atomic E-state index is 12.9. The van der Waals surface area contributed by atoms with Crippen LogP contribution in [-0.4, -0.2) is 20.2 Å². The van der Waals surface area contributed by atoms with Crippen molar-refractivity contribution in [2.45, 2.75) is 4.21 Å². The van der Waals surface area contributed by atoms with E-state index in [1.807, 2.05) is 0 Å². The number of carbonyl (C=O) groups excluding carboxylic acids is 2. The molecule has 5 rings (SSSR count). The van der Waals surface area contributed by atoms with Gasteiger partial charge in [-0.3, -0.25) is 9.59 Å². The van der Waals surface area contributed by atoms with Gasteiger partial charge in [-0.25, -0.2) is 4.90 Å². The monoisotopic (exact) mass is 467 g/mol. The maximum Gasteiger partial charge on any atom is 0.292 e. The van der Waals surface area contributed by atoms with Crippen molar-refractivity contribution in [2.24, 2.45) is 0 Å². The van der Waals surface area contributed by atoms with Crippen molar-refractivity contribution in [3.8, 4) is 0 Å². The summed E-state index contributed by atoms with van der Waals surface area (Å²) >= 11 is 6.79. The molecule has 0 N–H and O–H groups in total. The first kappa shape index (κ1) is 19.7. The topological polar surface area (TPSA) is 85.6 Å². The summed E-state index contributed by atoms with van der Waals surface area (Å²) in [5.41, 5.74) is 1.25. The van der Waals surface area contributed by atoms with Crippen LogP contribution in [0.15, 0.2) is 77.0 Å². The molecule has 1 aliphatic rings. The molecule has 0 atom stereocenters. The fraction of sp³-hybridized carbons (Fsp3) is 0. The Balaban J connectivity index is 1.61. The van der Waals surface area contributed by atoms with Crippen LogP contribution in [0.3, 0.4) is 0 Å². The van der Waals surface area contributed by atoms with Crippen LogP contribution in [0.5, 0.6) is 0 Å². The third-order valence-corrected chi connectivity index (χ3v) is 7.92. The van der Waals surface area contributed by atoms with Gasteiger partial charge in [-0.05, 0) is 36.4 Å². The number of hydrogen-bond donors (Lipinski definition) is 0. The van der Waals surface area contributed by atoms with Gasteiger partial charge in [0.2, 0.25) is 0 Å². The summed E-state index contributed by atoms with van der Waals surface area (Å²) in [5.74, 6) is -0.840. The highest BCUT2D eigenvalue weighted by molar-refractivity contribution is 7.91. The van der Waals surface area contributed by atoms with Crippen LogP contribution in [0.1, 0.15) is 20.7 Å². The fourth-order valence-electron chi connectivity index (χ4n) is 3.56. The van der Waals surface area contributed by atoms with Crippen LogP contribution in [0.4, 0.5) is 11.4 Å². The maximum atomic E-state index is 12.9. The molecule has 31 heavy (non-hydrogen) atoms. The highest BCUT2D eigenvalue weighted by Crippen LogP contribution is 2.38. The summed E-state index contributed by atoms with van der Waals surface area (Å²) in [4.78, 5) is 27.0. The number of halogens is 1. The molecule has 0 fully saturated rings. The zero-order valence-corrected chi connectivity index (χ0v) is 18.0. The predicted octanol–water partition coefficient (Wildman–Crippen LogP) is 4.98. The third-order valence-electron chi connectivity index (χ3n) is 4.93. The van der Waals surface area contributed by atoms with Crippen LogP contribution in [-0.2, 0) is 10.0 Å². The molecule has 0 aliphatic carbocycles. The van der Waals surface area contributed by atoms with E-state index in [1.165, 1.54) is 18.2 Å². The van der Waals surface area contributed by atoms with E-state index >= 15 is 0 Å². The van der Waals surface area contributed by atoms with E-state index in [0.717, 1.165) is 16.2 Å². The quantitative estimate of drug-likeness (QED) is 0.396. The molecule has 0 saturated heterocycles. The summed E-state index contributed by atoms with van der Waals surface area (Å²) in [7, 11) is -3.97. The Kier molecular flexibility index (Phi) is 4.58. The molecule has 0 bridgehead atoms. The summed E-state index contributed by atoms with van der Waals surface area (Å²) in [5, 5.41) is 1.04. The molecule has 3 aromatic carbocycles. The minimum Gasteiger partial charge on any atom is -0.268 e. The first-order chi connectivity index (χ1) is 14.9. The van der Waals surface area contributed by atoms with Gasteiger partial charge < -0.3 is 0 Å². The van der Waals surface area contributed by atoms with Gasteiger partial charge in [0.25, 0.3) is 21.8 Å². The lowest BCUT2D eigenvalue weighted by Gasteiger charge is -2.18. The van der Waals surface area contributed by atoms with E-state index in [4.69, 9.17) is 11.6 Å². The summed E-state index contributed by atoms with van der Waals surface area (Å²) in [6.45, 7) is 0. The normalized spacial score (nSPS) is 13.6. The Morgan fingerprint density at radius 3 is 2.00 bits per heavy atom. The number of hydrogen-bond acceptors (Lipinski definition) is 5. The number of rotatable bonds is 4. The second-order valence-electron chi connectivity index (χ2n) is 6.77. The van der Waals surface area contributed by atoms with E-state index in [2.05, 4.69) is 4.72 Å². The highest BCUT2D eigenvalue weighted by atomic mass is 35.5. The smallest absolute Gasteiger partial charge is 0.268 e. The molecular formula is C22H12ClN2O4S2. The van der Waals surface area contributed by atoms with Crippen molar-refractivity contribution in [1.82, 2.24) is 4.72 Å². The van der Waals surface area contributed by atoms with E-state index in [1.54, 1.807) is 54.6 Å². The van der Waals surface area contributed by atoms with Gasteiger partial charge in [0.05, 0.1) is 26.8 Å². The van der Waals surface area contributed by atoms with Crippen molar-refractivity contribution in [2.75, 3.05) is 4.90 Å². The first-order valence-corrected chi connectivity index (χ1v) is 11.7. The number of carbonyl (C=O) groups is 2. The molecular weight excluding hydrogens is 456 g/mol. The Hall–Kier alpha value is -3.20. The minimum atomic E-state index is -3.97. The van der Waals surface area contributed by atoms with Gasteiger partial charge in [-0.15, -0.1) is 11.3 Å². The number of imide groups is 1. The molecule has 1 radical (unpaired) electrons. The summed E-state index contributed by atoms with van der Waals surface area (Å²) in [6, 6.07) is 19.5. The number of anilines is 1. The lowest BCUT2D eigenvalue weighted by atomic mass is 10.1. The summed E-state index contributed by atoms with van der Waals surface area (Å²) < 4.78 is 29.8. The Labute approximate surface area is 186 Å². The average Bonchev–Trinajstić information content (AvgIpc) is 3.31. The fourth-order valence-corrected chi connectivity index (χ4v) is 6.03. The molecule has 0 unspecified atom stereocenters. The lowest BCUT2D eigenvalue weighted by molar-refractivity contribution is 0.0926. The first-order valence-electron chi connectivity index (χ1n) is 9.10. The standard InChI is InChI=1S/C22H12ClN2O4S2/c23-19-11-12-20(30-19)31(28,29)24-17-9-10-18(14-6-2-1-5-13(14)17)25-21(26)15-7-3-4-8-16(15)22(25)27/h1-12H. The van der Waals surface area contributed by atoms with Crippen molar-refractivity contribution in [1.29, 1.82) is 0 Å². The van der Waals surface area contributed by atoms with Gasteiger partial charge in [0, 0.05) is 10.8 Å². The van der Waals surface area contributed by atoms with E-state index in [-0.39, 0.29) is 9.90 Å². The molecule has 0 saturated carbocycles. The molecule has 9 heteroatoms. The molecule has 1 aliphatic heterocycles. The number of nitrogens with zero attached hydrogens (tertiary/aromatic N) is 2. The van der Waals surface area contributed by atoms with Crippen molar-refractivity contribution < 1.29 is 18.0 Å². The van der Waals surface area contributed by atoms with Gasteiger partial charge >= 0.3 is 0 Å². The molecule has 153 valence electrons.